The lowest BCUT2D eigenvalue weighted by molar-refractivity contribution is 0.0140. The number of aryl methyl sites for hydroxylation is 1. The Morgan fingerprint density at radius 2 is 1.94 bits per heavy atom. The number of aromatic carboxylic acids is 1. The van der Waals surface area contributed by atoms with E-state index in [1.54, 1.807) is 18.2 Å². The number of carboxylic acid groups (broad SMARTS) is 1. The Morgan fingerprint density at radius 1 is 1.21 bits per heavy atom. The number of carbonyl (C=O) groups is 1. The number of halogens is 2. The first kappa shape index (κ1) is 21.6. The second-order valence-electron chi connectivity index (χ2n) is 9.54. The number of rotatable bonds is 4. The van der Waals surface area contributed by atoms with Crippen LogP contribution in [0.4, 0.5) is 8.78 Å². The zero-order valence-electron chi connectivity index (χ0n) is 18.4. The number of phenolic OH excluding ortho intramolecular Hbond substituents is 1. The number of hydrogen-bond acceptors (Lipinski definition) is 3. The Bertz CT molecular complexity index is 1250. The number of piperidine rings is 1. The third-order valence-electron chi connectivity index (χ3n) is 7.47. The number of hydrogen-bond donors (Lipinski definition) is 3. The fourth-order valence-corrected chi connectivity index (χ4v) is 5.67. The van der Waals surface area contributed by atoms with Crippen LogP contribution >= 0.6 is 0 Å². The topological polar surface area (TPSA) is 76.6 Å². The Hall–Kier alpha value is -3.19. The summed E-state index contributed by atoms with van der Waals surface area (Å²) in [6.07, 6.45) is 2.69. The third kappa shape index (κ3) is 3.80. The molecule has 5 rings (SSSR count). The molecule has 5 nitrogen and oxygen atoms in total. The first-order chi connectivity index (χ1) is 15.8. The van der Waals surface area contributed by atoms with Gasteiger partial charge in [0.15, 0.2) is 0 Å². The lowest BCUT2D eigenvalue weighted by atomic mass is 9.58. The molecule has 1 atom stereocenters. The average Bonchev–Trinajstić information content (AvgIpc) is 3.25. The number of aromatic amines is 1. The van der Waals surface area contributed by atoms with Crippen LogP contribution in [0.15, 0.2) is 54.2 Å². The predicted molar refractivity (Wildman–Crippen MR) is 121 cm³/mol. The first-order valence-electron chi connectivity index (χ1n) is 11.2. The molecule has 172 valence electrons. The van der Waals surface area contributed by atoms with Crippen LogP contribution in [0.25, 0.3) is 10.9 Å². The van der Waals surface area contributed by atoms with Crippen LogP contribution in [0.5, 0.6) is 5.75 Å². The van der Waals surface area contributed by atoms with Crippen molar-refractivity contribution in [3.05, 3.63) is 76.5 Å². The van der Waals surface area contributed by atoms with Gasteiger partial charge in [-0.1, -0.05) is 12.1 Å². The Labute approximate surface area is 190 Å². The molecule has 7 heteroatoms. The summed E-state index contributed by atoms with van der Waals surface area (Å²) in [5, 5.41) is 21.0. The molecule has 3 aromatic rings. The van der Waals surface area contributed by atoms with Crippen molar-refractivity contribution in [1.29, 1.82) is 0 Å². The molecule has 2 fully saturated rings. The SMILES string of the molecule is Cc1cc(O)c(CN2CCC3(CC(=C(F)F)C3)C[C@H]2c2ccc(C(=O)O)cc2)c2cc[nH]c12. The second-order valence-corrected chi connectivity index (χ2v) is 9.54. The molecule has 2 aliphatic rings. The molecule has 1 spiro atoms. The number of benzene rings is 2. The zero-order valence-corrected chi connectivity index (χ0v) is 18.4. The summed E-state index contributed by atoms with van der Waals surface area (Å²) in [6, 6.07) is 10.5. The number of likely N-dealkylation sites (tertiary alicyclic amines) is 1. The lowest BCUT2D eigenvalue weighted by Gasteiger charge is -2.52. The molecule has 2 heterocycles. The van der Waals surface area contributed by atoms with Crippen LogP contribution < -0.4 is 0 Å². The fraction of sp³-hybridized carbons (Fsp3) is 0.346. The van der Waals surface area contributed by atoms with E-state index in [0.29, 0.717) is 25.9 Å². The van der Waals surface area contributed by atoms with Gasteiger partial charge in [-0.05, 0) is 85.5 Å². The molecule has 33 heavy (non-hydrogen) atoms. The van der Waals surface area contributed by atoms with E-state index in [2.05, 4.69) is 9.88 Å². The summed E-state index contributed by atoms with van der Waals surface area (Å²) < 4.78 is 26.2. The highest BCUT2D eigenvalue weighted by atomic mass is 19.3. The maximum absolute atomic E-state index is 13.1. The van der Waals surface area contributed by atoms with E-state index < -0.39 is 12.0 Å². The van der Waals surface area contributed by atoms with Crippen LogP contribution in [0.1, 0.15) is 58.8 Å². The van der Waals surface area contributed by atoms with Gasteiger partial charge >= 0.3 is 5.97 Å². The van der Waals surface area contributed by atoms with Gasteiger partial charge in [-0.25, -0.2) is 4.79 Å². The van der Waals surface area contributed by atoms with Crippen molar-refractivity contribution >= 4 is 16.9 Å². The average molecular weight is 453 g/mol. The summed E-state index contributed by atoms with van der Waals surface area (Å²) in [5.74, 6) is -0.738. The number of aromatic nitrogens is 1. The Balaban J connectivity index is 1.49. The van der Waals surface area contributed by atoms with Gasteiger partial charge in [-0.3, -0.25) is 4.90 Å². The molecule has 1 aromatic heterocycles. The van der Waals surface area contributed by atoms with E-state index in [1.807, 2.05) is 31.3 Å². The molecule has 0 unspecified atom stereocenters. The standard InChI is InChI=1S/C26H26F2N2O3/c1-15-10-22(31)20(19-6-8-29-23(15)19)14-30-9-7-26(11-18(12-26)24(27)28)13-21(30)16-2-4-17(5-3-16)25(32)33/h2-6,8,10,21,29,31H,7,9,11-14H2,1H3,(H,32,33)/t21-/m0/s1. The fourth-order valence-electron chi connectivity index (χ4n) is 5.67. The molecular weight excluding hydrogens is 426 g/mol. The second kappa shape index (κ2) is 7.99. The van der Waals surface area contributed by atoms with E-state index in [1.165, 1.54) is 0 Å². The molecule has 3 N–H and O–H groups in total. The first-order valence-corrected chi connectivity index (χ1v) is 11.2. The van der Waals surface area contributed by atoms with Gasteiger partial charge < -0.3 is 15.2 Å². The smallest absolute Gasteiger partial charge is 0.335 e. The predicted octanol–water partition coefficient (Wildman–Crippen LogP) is 6.15. The molecule has 2 aromatic carbocycles. The minimum atomic E-state index is -1.55. The number of allylic oxidation sites excluding steroid dienone is 1. The van der Waals surface area contributed by atoms with Gasteiger partial charge in [0, 0.05) is 35.2 Å². The van der Waals surface area contributed by atoms with Crippen molar-refractivity contribution in [2.24, 2.45) is 5.41 Å². The van der Waals surface area contributed by atoms with Crippen molar-refractivity contribution in [2.75, 3.05) is 6.54 Å². The minimum absolute atomic E-state index is 0.0551. The number of phenols is 1. The minimum Gasteiger partial charge on any atom is -0.508 e. The molecule has 1 saturated carbocycles. The highest BCUT2D eigenvalue weighted by Gasteiger charge is 2.48. The number of nitrogens with zero attached hydrogens (tertiary/aromatic N) is 1. The molecule has 1 aliphatic carbocycles. The molecule has 0 radical (unpaired) electrons. The lowest BCUT2D eigenvalue weighted by Crippen LogP contribution is -2.46. The van der Waals surface area contributed by atoms with Crippen molar-refractivity contribution in [2.45, 2.75) is 45.2 Å². The third-order valence-corrected chi connectivity index (χ3v) is 7.47. The maximum atomic E-state index is 13.1. The quantitative estimate of drug-likeness (QED) is 0.444. The number of H-pyrrole nitrogens is 1. The summed E-state index contributed by atoms with van der Waals surface area (Å²) in [5.41, 5.74) is 4.09. The normalized spacial score (nSPS) is 23.1. The van der Waals surface area contributed by atoms with Gasteiger partial charge in [-0.2, -0.15) is 8.78 Å². The van der Waals surface area contributed by atoms with Gasteiger partial charge in [-0.15, -0.1) is 0 Å². The van der Waals surface area contributed by atoms with Crippen molar-refractivity contribution in [3.8, 4) is 5.75 Å². The zero-order chi connectivity index (χ0) is 23.3. The van der Waals surface area contributed by atoms with Gasteiger partial charge in [0.1, 0.15) is 5.75 Å². The van der Waals surface area contributed by atoms with E-state index in [9.17, 15) is 23.8 Å². The number of fused-ring (bicyclic) bond motifs is 1. The van der Waals surface area contributed by atoms with E-state index >= 15 is 0 Å². The van der Waals surface area contributed by atoms with Crippen LogP contribution in [0.3, 0.4) is 0 Å². The number of aromatic hydroxyl groups is 1. The molecule has 1 aliphatic heterocycles. The summed E-state index contributed by atoms with van der Waals surface area (Å²) >= 11 is 0. The summed E-state index contributed by atoms with van der Waals surface area (Å²) in [4.78, 5) is 16.8. The number of carboxylic acids is 1. The van der Waals surface area contributed by atoms with Crippen molar-refractivity contribution in [3.63, 3.8) is 0 Å². The molecule has 0 bridgehead atoms. The van der Waals surface area contributed by atoms with Crippen LogP contribution in [0.2, 0.25) is 0 Å². The van der Waals surface area contributed by atoms with E-state index in [-0.39, 0.29) is 28.3 Å². The summed E-state index contributed by atoms with van der Waals surface area (Å²) in [7, 11) is 0. The number of nitrogens with one attached hydrogen (secondary N) is 1. The monoisotopic (exact) mass is 452 g/mol. The largest absolute Gasteiger partial charge is 0.508 e. The van der Waals surface area contributed by atoms with Crippen LogP contribution in [-0.4, -0.2) is 32.6 Å². The molecule has 1 saturated heterocycles. The maximum Gasteiger partial charge on any atom is 0.335 e. The Morgan fingerprint density at radius 3 is 2.61 bits per heavy atom. The van der Waals surface area contributed by atoms with E-state index in [0.717, 1.165) is 40.4 Å². The van der Waals surface area contributed by atoms with Crippen LogP contribution in [-0.2, 0) is 6.54 Å². The van der Waals surface area contributed by atoms with Gasteiger partial charge in [0.25, 0.3) is 6.08 Å². The molecule has 0 amide bonds. The highest BCUT2D eigenvalue weighted by Crippen LogP contribution is 2.57. The summed E-state index contributed by atoms with van der Waals surface area (Å²) in [6.45, 7) is 3.18. The Kier molecular flexibility index (Phi) is 5.24. The van der Waals surface area contributed by atoms with Crippen molar-refractivity contribution in [1.82, 2.24) is 9.88 Å². The van der Waals surface area contributed by atoms with Crippen molar-refractivity contribution < 1.29 is 23.8 Å². The van der Waals surface area contributed by atoms with E-state index in [4.69, 9.17) is 0 Å². The van der Waals surface area contributed by atoms with Gasteiger partial charge in [0.05, 0.1) is 5.56 Å². The highest BCUT2D eigenvalue weighted by molar-refractivity contribution is 5.88. The van der Waals surface area contributed by atoms with Gasteiger partial charge in [0.2, 0.25) is 0 Å². The van der Waals surface area contributed by atoms with Crippen LogP contribution in [0, 0.1) is 12.3 Å². The molecular formula is C26H26F2N2O3.